The number of sulfonamides is 1. The molecule has 0 aromatic heterocycles. The third-order valence-electron chi connectivity index (χ3n) is 4.38. The molecule has 0 aliphatic carbocycles. The summed E-state index contributed by atoms with van der Waals surface area (Å²) < 4.78 is 31.9. The molecule has 0 atom stereocenters. The standard InChI is InChI=1S/C16H20ClN3O5S/c17-13-4-3-12(26(23,24)20-7-9-25-10-8-20)11-14(13)18-15(21)16(22)19-5-1-2-6-19/h3-4,11H,1-2,5-10H2,(H,18,21). The van der Waals surface area contributed by atoms with E-state index in [4.69, 9.17) is 16.3 Å². The third-order valence-corrected chi connectivity index (χ3v) is 6.61. The molecule has 2 amide bonds. The first-order valence-corrected chi connectivity index (χ1v) is 10.2. The number of benzene rings is 1. The molecule has 1 aromatic carbocycles. The first kappa shape index (κ1) is 19.1. The summed E-state index contributed by atoms with van der Waals surface area (Å²) >= 11 is 6.07. The topological polar surface area (TPSA) is 96.0 Å². The summed E-state index contributed by atoms with van der Waals surface area (Å²) in [6, 6.07) is 4.05. The van der Waals surface area contributed by atoms with Crippen LogP contribution in [0.15, 0.2) is 23.1 Å². The van der Waals surface area contributed by atoms with Crippen molar-refractivity contribution in [2.75, 3.05) is 44.7 Å². The predicted octanol–water partition coefficient (Wildman–Crippen LogP) is 0.922. The Balaban J connectivity index is 1.79. The van der Waals surface area contributed by atoms with Gasteiger partial charge >= 0.3 is 11.8 Å². The van der Waals surface area contributed by atoms with Crippen molar-refractivity contribution in [2.24, 2.45) is 0 Å². The fourth-order valence-corrected chi connectivity index (χ4v) is 4.54. The van der Waals surface area contributed by atoms with Gasteiger partial charge in [-0.2, -0.15) is 4.31 Å². The second-order valence-corrected chi connectivity index (χ2v) is 8.46. The fourth-order valence-electron chi connectivity index (χ4n) is 2.94. The summed E-state index contributed by atoms with van der Waals surface area (Å²) in [5.41, 5.74) is 0.0959. The molecule has 1 N–H and O–H groups in total. The molecule has 1 aromatic rings. The van der Waals surface area contributed by atoms with Crippen LogP contribution in [0.2, 0.25) is 5.02 Å². The lowest BCUT2D eigenvalue weighted by atomic mass is 10.3. The molecule has 2 saturated heterocycles. The van der Waals surface area contributed by atoms with Gasteiger partial charge < -0.3 is 15.0 Å². The highest BCUT2D eigenvalue weighted by Gasteiger charge is 2.28. The molecule has 0 saturated carbocycles. The van der Waals surface area contributed by atoms with Crippen LogP contribution in [-0.2, 0) is 24.3 Å². The summed E-state index contributed by atoms with van der Waals surface area (Å²) in [6.45, 7) is 2.29. The van der Waals surface area contributed by atoms with E-state index in [1.54, 1.807) is 0 Å². The Bertz CT molecular complexity index is 802. The predicted molar refractivity (Wildman–Crippen MR) is 95.5 cm³/mol. The molecule has 2 heterocycles. The highest BCUT2D eigenvalue weighted by atomic mass is 35.5. The summed E-state index contributed by atoms with van der Waals surface area (Å²) in [6.07, 6.45) is 1.74. The summed E-state index contributed by atoms with van der Waals surface area (Å²) in [5, 5.41) is 2.59. The van der Waals surface area contributed by atoms with E-state index in [-0.39, 0.29) is 28.7 Å². The van der Waals surface area contributed by atoms with Crippen molar-refractivity contribution in [3.05, 3.63) is 23.2 Å². The minimum Gasteiger partial charge on any atom is -0.379 e. The lowest BCUT2D eigenvalue weighted by Gasteiger charge is -2.26. The minimum absolute atomic E-state index is 0.00715. The average Bonchev–Trinajstić information content (AvgIpc) is 3.18. The zero-order valence-corrected chi connectivity index (χ0v) is 15.7. The second-order valence-electron chi connectivity index (χ2n) is 6.11. The van der Waals surface area contributed by atoms with Gasteiger partial charge in [-0.15, -0.1) is 0 Å². The van der Waals surface area contributed by atoms with Crippen LogP contribution in [0.25, 0.3) is 0 Å². The zero-order valence-electron chi connectivity index (χ0n) is 14.1. The Kier molecular flexibility index (Phi) is 5.81. The highest BCUT2D eigenvalue weighted by molar-refractivity contribution is 7.89. The number of anilines is 1. The lowest BCUT2D eigenvalue weighted by molar-refractivity contribution is -0.142. The van der Waals surface area contributed by atoms with E-state index >= 15 is 0 Å². The van der Waals surface area contributed by atoms with Gasteiger partial charge in [0, 0.05) is 26.2 Å². The van der Waals surface area contributed by atoms with Crippen molar-refractivity contribution in [3.63, 3.8) is 0 Å². The third kappa shape index (κ3) is 4.01. The van der Waals surface area contributed by atoms with E-state index in [1.165, 1.54) is 27.4 Å². The number of rotatable bonds is 3. The average molecular weight is 402 g/mol. The van der Waals surface area contributed by atoms with Crippen LogP contribution in [0.3, 0.4) is 0 Å². The molecule has 0 radical (unpaired) electrons. The van der Waals surface area contributed by atoms with Gasteiger partial charge in [0.15, 0.2) is 0 Å². The molecule has 2 aliphatic heterocycles. The summed E-state index contributed by atoms with van der Waals surface area (Å²) in [4.78, 5) is 25.8. The van der Waals surface area contributed by atoms with Gasteiger partial charge in [-0.3, -0.25) is 9.59 Å². The Labute approximate surface area is 157 Å². The van der Waals surface area contributed by atoms with E-state index in [0.717, 1.165) is 12.8 Å². The smallest absolute Gasteiger partial charge is 0.313 e. The number of carbonyl (C=O) groups excluding carboxylic acids is 2. The molecule has 26 heavy (non-hydrogen) atoms. The van der Waals surface area contributed by atoms with Crippen molar-refractivity contribution in [2.45, 2.75) is 17.7 Å². The van der Waals surface area contributed by atoms with Crippen LogP contribution in [0.1, 0.15) is 12.8 Å². The number of morpholine rings is 1. The molecule has 8 nitrogen and oxygen atoms in total. The van der Waals surface area contributed by atoms with Crippen LogP contribution in [0.4, 0.5) is 5.69 Å². The van der Waals surface area contributed by atoms with E-state index in [2.05, 4.69) is 5.32 Å². The largest absolute Gasteiger partial charge is 0.379 e. The zero-order chi connectivity index (χ0) is 18.7. The first-order chi connectivity index (χ1) is 12.4. The van der Waals surface area contributed by atoms with Crippen LogP contribution in [0.5, 0.6) is 0 Å². The van der Waals surface area contributed by atoms with Crippen molar-refractivity contribution in [3.8, 4) is 0 Å². The molecular formula is C16H20ClN3O5S. The van der Waals surface area contributed by atoms with E-state index in [1.807, 2.05) is 0 Å². The molecule has 142 valence electrons. The molecule has 2 fully saturated rings. The lowest BCUT2D eigenvalue weighted by Crippen LogP contribution is -2.40. The van der Waals surface area contributed by atoms with Crippen molar-refractivity contribution in [1.29, 1.82) is 0 Å². The quantitative estimate of drug-likeness (QED) is 0.760. The molecule has 0 spiro atoms. The number of hydrogen-bond donors (Lipinski definition) is 1. The number of halogens is 1. The number of ether oxygens (including phenoxy) is 1. The second kappa shape index (κ2) is 7.91. The van der Waals surface area contributed by atoms with Gasteiger partial charge in [0.2, 0.25) is 10.0 Å². The van der Waals surface area contributed by atoms with Gasteiger partial charge in [-0.25, -0.2) is 8.42 Å². The molecule has 0 bridgehead atoms. The molecule has 10 heteroatoms. The van der Waals surface area contributed by atoms with E-state index in [0.29, 0.717) is 26.3 Å². The number of amides is 2. The molecule has 3 rings (SSSR count). The van der Waals surface area contributed by atoms with E-state index < -0.39 is 21.8 Å². The first-order valence-electron chi connectivity index (χ1n) is 8.37. The van der Waals surface area contributed by atoms with Crippen molar-refractivity contribution < 1.29 is 22.7 Å². The highest BCUT2D eigenvalue weighted by Crippen LogP contribution is 2.27. The number of nitrogens with one attached hydrogen (secondary N) is 1. The molecular weight excluding hydrogens is 382 g/mol. The van der Waals surface area contributed by atoms with Crippen LogP contribution in [0, 0.1) is 0 Å². The van der Waals surface area contributed by atoms with E-state index in [9.17, 15) is 18.0 Å². The fraction of sp³-hybridized carbons (Fsp3) is 0.500. The van der Waals surface area contributed by atoms with Crippen LogP contribution < -0.4 is 5.32 Å². The molecule has 2 aliphatic rings. The summed E-state index contributed by atoms with van der Waals surface area (Å²) in [7, 11) is -3.72. The monoisotopic (exact) mass is 401 g/mol. The Morgan fingerprint density at radius 2 is 1.73 bits per heavy atom. The summed E-state index contributed by atoms with van der Waals surface area (Å²) in [5.74, 6) is -1.46. The Hall–Kier alpha value is -1.68. The number of likely N-dealkylation sites (tertiary alicyclic amines) is 1. The van der Waals surface area contributed by atoms with Gasteiger partial charge in [-0.1, -0.05) is 11.6 Å². The number of carbonyl (C=O) groups is 2. The molecule has 0 unspecified atom stereocenters. The maximum absolute atomic E-state index is 12.7. The van der Waals surface area contributed by atoms with Gasteiger partial charge in [0.25, 0.3) is 0 Å². The van der Waals surface area contributed by atoms with Crippen molar-refractivity contribution in [1.82, 2.24) is 9.21 Å². The van der Waals surface area contributed by atoms with Gasteiger partial charge in [-0.05, 0) is 31.0 Å². The number of nitrogens with zero attached hydrogens (tertiary/aromatic N) is 2. The maximum atomic E-state index is 12.7. The van der Waals surface area contributed by atoms with Crippen molar-refractivity contribution >= 4 is 39.1 Å². The Morgan fingerprint density at radius 1 is 1.08 bits per heavy atom. The normalized spacial score (nSPS) is 18.7. The Morgan fingerprint density at radius 3 is 2.38 bits per heavy atom. The van der Waals surface area contributed by atoms with Gasteiger partial charge in [0.1, 0.15) is 0 Å². The van der Waals surface area contributed by atoms with Crippen LogP contribution in [-0.4, -0.2) is 68.8 Å². The number of hydrogen-bond acceptors (Lipinski definition) is 5. The maximum Gasteiger partial charge on any atom is 0.313 e. The minimum atomic E-state index is -3.72. The van der Waals surface area contributed by atoms with Gasteiger partial charge in [0.05, 0.1) is 28.8 Å². The SMILES string of the molecule is O=C(Nc1cc(S(=O)(=O)N2CCOCC2)ccc1Cl)C(=O)N1CCCC1. The van der Waals surface area contributed by atoms with Crippen LogP contribution >= 0.6 is 11.6 Å².